The lowest BCUT2D eigenvalue weighted by molar-refractivity contribution is -0.389. The lowest BCUT2D eigenvalue weighted by Crippen LogP contribution is -2.19. The molecule has 1 aromatic rings. The maximum Gasteiger partial charge on any atom is 0.574 e. The number of aromatic nitrogens is 1. The molecule has 0 fully saturated rings. The third-order valence-corrected chi connectivity index (χ3v) is 1.97. The fraction of sp³-hybridized carbons (Fsp3) is 0.333. The summed E-state index contributed by atoms with van der Waals surface area (Å²) in [5.74, 6) is -3.99. The maximum absolute atomic E-state index is 13.4. The van der Waals surface area contributed by atoms with Crippen LogP contribution in [0.5, 0.6) is 5.88 Å². The Balaban J connectivity index is 3.24. The van der Waals surface area contributed by atoms with Crippen molar-refractivity contribution in [2.24, 2.45) is 0 Å². The molecular formula is C9H6F4N2O5. The van der Waals surface area contributed by atoms with Crippen LogP contribution in [0, 0.1) is 16.1 Å². The van der Waals surface area contributed by atoms with Gasteiger partial charge in [-0.1, -0.05) is 0 Å². The molecule has 11 heteroatoms. The van der Waals surface area contributed by atoms with Crippen molar-refractivity contribution >= 4 is 11.7 Å². The Morgan fingerprint density at radius 1 is 1.50 bits per heavy atom. The zero-order valence-electron chi connectivity index (χ0n) is 9.73. The number of hydrogen-bond acceptors (Lipinski definition) is 6. The molecule has 0 radical (unpaired) electrons. The smallest absolute Gasteiger partial charge is 0.469 e. The average Bonchev–Trinajstić information content (AvgIpc) is 2.29. The summed E-state index contributed by atoms with van der Waals surface area (Å²) in [6, 6.07) is 0.431. The van der Waals surface area contributed by atoms with Crippen molar-refractivity contribution in [1.82, 2.24) is 4.98 Å². The number of alkyl halides is 3. The van der Waals surface area contributed by atoms with Gasteiger partial charge in [0.1, 0.15) is 0 Å². The number of halogens is 4. The Labute approximate surface area is 108 Å². The van der Waals surface area contributed by atoms with E-state index in [4.69, 9.17) is 0 Å². The number of carbonyl (C=O) groups excluding carboxylic acids is 1. The summed E-state index contributed by atoms with van der Waals surface area (Å²) in [6.07, 6.45) is -5.99. The predicted octanol–water partition coefficient (Wildman–Crippen LogP) is 1.74. The van der Waals surface area contributed by atoms with Crippen LogP contribution in [-0.2, 0) is 16.0 Å². The molecule has 0 amide bonds. The van der Waals surface area contributed by atoms with Gasteiger partial charge in [-0.25, -0.2) is 0 Å². The molecule has 1 aromatic heterocycles. The fourth-order valence-corrected chi connectivity index (χ4v) is 1.17. The maximum atomic E-state index is 13.4. The van der Waals surface area contributed by atoms with E-state index in [-0.39, 0.29) is 0 Å². The highest BCUT2D eigenvalue weighted by atomic mass is 19.4. The first-order chi connectivity index (χ1) is 9.14. The van der Waals surface area contributed by atoms with Crippen LogP contribution in [-0.4, -0.2) is 29.3 Å². The van der Waals surface area contributed by atoms with E-state index in [2.05, 4.69) is 14.5 Å². The third kappa shape index (κ3) is 4.03. The topological polar surface area (TPSA) is 91.6 Å². The SMILES string of the molecule is COC(=O)Cc1cc([N+](=O)[O-])c(OC(F)(F)F)nc1F. The molecule has 0 N–H and O–H groups in total. The Hall–Kier alpha value is -2.46. The van der Waals surface area contributed by atoms with Gasteiger partial charge in [-0.2, -0.15) is 9.37 Å². The molecule has 0 unspecified atom stereocenters. The lowest BCUT2D eigenvalue weighted by Gasteiger charge is -2.09. The molecule has 0 aromatic carbocycles. The van der Waals surface area contributed by atoms with Gasteiger partial charge < -0.3 is 9.47 Å². The van der Waals surface area contributed by atoms with E-state index in [0.717, 1.165) is 7.11 Å². The second-order valence-electron chi connectivity index (χ2n) is 3.32. The zero-order valence-corrected chi connectivity index (χ0v) is 9.73. The second kappa shape index (κ2) is 5.67. The molecular weight excluding hydrogens is 292 g/mol. The zero-order chi connectivity index (χ0) is 15.5. The molecule has 110 valence electrons. The summed E-state index contributed by atoms with van der Waals surface area (Å²) in [7, 11) is 0.989. The van der Waals surface area contributed by atoms with Gasteiger partial charge in [-0.15, -0.1) is 13.2 Å². The Bertz CT molecular complexity index is 546. The first kappa shape index (κ1) is 15.6. The molecule has 0 bridgehead atoms. The number of nitro groups is 1. The van der Waals surface area contributed by atoms with Gasteiger partial charge in [0.15, 0.2) is 0 Å². The summed E-state index contributed by atoms with van der Waals surface area (Å²) >= 11 is 0. The van der Waals surface area contributed by atoms with Crippen LogP contribution in [0.25, 0.3) is 0 Å². The minimum Gasteiger partial charge on any atom is -0.469 e. The molecule has 0 atom stereocenters. The van der Waals surface area contributed by atoms with Crippen molar-refractivity contribution in [2.45, 2.75) is 12.8 Å². The van der Waals surface area contributed by atoms with Crippen molar-refractivity contribution < 1.29 is 36.8 Å². The molecule has 1 rings (SSSR count). The standard InChI is InChI=1S/C9H6F4N2O5/c1-19-6(16)3-4-2-5(15(17)18)8(14-7(4)10)20-9(11,12)13/h2H,3H2,1H3. The Morgan fingerprint density at radius 3 is 2.55 bits per heavy atom. The van der Waals surface area contributed by atoms with Gasteiger partial charge >= 0.3 is 23.9 Å². The van der Waals surface area contributed by atoms with Crippen molar-refractivity contribution in [3.63, 3.8) is 0 Å². The highest BCUT2D eigenvalue weighted by molar-refractivity contribution is 5.72. The number of esters is 1. The lowest BCUT2D eigenvalue weighted by atomic mass is 10.2. The van der Waals surface area contributed by atoms with Gasteiger partial charge in [0, 0.05) is 11.6 Å². The van der Waals surface area contributed by atoms with Gasteiger partial charge in [-0.3, -0.25) is 14.9 Å². The fourth-order valence-electron chi connectivity index (χ4n) is 1.17. The largest absolute Gasteiger partial charge is 0.574 e. The predicted molar refractivity (Wildman–Crippen MR) is 53.3 cm³/mol. The molecule has 0 aliphatic carbocycles. The van der Waals surface area contributed by atoms with Crippen LogP contribution in [0.15, 0.2) is 6.07 Å². The van der Waals surface area contributed by atoms with Crippen molar-refractivity contribution in [3.8, 4) is 5.88 Å². The van der Waals surface area contributed by atoms with Crippen molar-refractivity contribution in [3.05, 3.63) is 27.7 Å². The third-order valence-electron chi connectivity index (χ3n) is 1.97. The second-order valence-corrected chi connectivity index (χ2v) is 3.32. The molecule has 0 spiro atoms. The van der Waals surface area contributed by atoms with Gasteiger partial charge in [0.2, 0.25) is 5.95 Å². The first-order valence-corrected chi connectivity index (χ1v) is 4.80. The summed E-state index contributed by atoms with van der Waals surface area (Å²) in [5, 5.41) is 10.6. The van der Waals surface area contributed by atoms with E-state index in [1.807, 2.05) is 0 Å². The molecule has 1 heterocycles. The van der Waals surface area contributed by atoms with E-state index in [0.29, 0.717) is 6.07 Å². The number of hydrogen-bond donors (Lipinski definition) is 0. The number of methoxy groups -OCH3 is 1. The molecule has 7 nitrogen and oxygen atoms in total. The van der Waals surface area contributed by atoms with E-state index in [9.17, 15) is 32.5 Å². The number of rotatable bonds is 4. The molecule has 0 aliphatic heterocycles. The number of nitrogens with zero attached hydrogens (tertiary/aromatic N) is 2. The Kier molecular flexibility index (Phi) is 4.42. The Morgan fingerprint density at radius 2 is 2.10 bits per heavy atom. The first-order valence-electron chi connectivity index (χ1n) is 4.80. The highest BCUT2D eigenvalue weighted by Crippen LogP contribution is 2.31. The van der Waals surface area contributed by atoms with Crippen LogP contribution < -0.4 is 4.74 Å². The summed E-state index contributed by atoms with van der Waals surface area (Å²) in [5.41, 5.74) is -1.80. The molecule has 0 saturated carbocycles. The number of ether oxygens (including phenoxy) is 2. The van der Waals surface area contributed by atoms with Crippen LogP contribution in [0.2, 0.25) is 0 Å². The average molecular weight is 298 g/mol. The van der Waals surface area contributed by atoms with Crippen LogP contribution in [0.3, 0.4) is 0 Å². The minimum absolute atomic E-state index is 0.431. The minimum atomic E-state index is -5.27. The quantitative estimate of drug-likeness (QED) is 0.276. The molecule has 0 aliphatic rings. The van der Waals surface area contributed by atoms with Crippen molar-refractivity contribution in [2.75, 3.05) is 7.11 Å². The number of carbonyl (C=O) groups is 1. The highest BCUT2D eigenvalue weighted by Gasteiger charge is 2.36. The molecule has 0 saturated heterocycles. The normalized spacial score (nSPS) is 11.1. The van der Waals surface area contributed by atoms with Crippen LogP contribution in [0.1, 0.15) is 5.56 Å². The van der Waals surface area contributed by atoms with Gasteiger partial charge in [-0.05, 0) is 0 Å². The van der Waals surface area contributed by atoms with Crippen molar-refractivity contribution in [1.29, 1.82) is 0 Å². The van der Waals surface area contributed by atoms with Crippen LogP contribution in [0.4, 0.5) is 23.2 Å². The summed E-state index contributed by atoms with van der Waals surface area (Å²) < 4.78 is 56.8. The van der Waals surface area contributed by atoms with Gasteiger partial charge in [0.05, 0.1) is 18.5 Å². The van der Waals surface area contributed by atoms with E-state index < -0.39 is 46.8 Å². The van der Waals surface area contributed by atoms with Crippen LogP contribution >= 0.6 is 0 Å². The molecule has 20 heavy (non-hydrogen) atoms. The monoisotopic (exact) mass is 298 g/mol. The summed E-state index contributed by atoms with van der Waals surface area (Å²) in [6.45, 7) is 0. The van der Waals surface area contributed by atoms with E-state index in [1.165, 1.54) is 0 Å². The van der Waals surface area contributed by atoms with E-state index in [1.54, 1.807) is 0 Å². The van der Waals surface area contributed by atoms with Gasteiger partial charge in [0.25, 0.3) is 0 Å². The summed E-state index contributed by atoms with van der Waals surface area (Å²) in [4.78, 5) is 23.0. The van der Waals surface area contributed by atoms with E-state index >= 15 is 0 Å². The number of pyridine rings is 1.